The van der Waals surface area contributed by atoms with Crippen molar-refractivity contribution in [1.29, 1.82) is 0 Å². The second-order valence-electron chi connectivity index (χ2n) is 9.28. The third-order valence-electron chi connectivity index (χ3n) is 6.70. The molecule has 0 aromatic heterocycles. The highest BCUT2D eigenvalue weighted by Crippen LogP contribution is 2.39. The minimum absolute atomic E-state index is 0.0288. The zero-order valence-electron chi connectivity index (χ0n) is 19.9. The van der Waals surface area contributed by atoms with Crippen molar-refractivity contribution in [2.45, 2.75) is 37.8 Å². The Kier molecular flexibility index (Phi) is 7.50. The lowest BCUT2D eigenvalue weighted by molar-refractivity contribution is -0.128. The molecule has 2 aliphatic heterocycles. The fraction of sp³-hybridized carbons (Fsp3) is 0.310. The first-order valence-electron chi connectivity index (χ1n) is 12.3. The predicted molar refractivity (Wildman–Crippen MR) is 141 cm³/mol. The second-order valence-corrected chi connectivity index (χ2v) is 10.3. The lowest BCUT2D eigenvalue weighted by Crippen LogP contribution is -2.27. The summed E-state index contributed by atoms with van der Waals surface area (Å²) in [6.45, 7) is 4.49. The highest BCUT2D eigenvalue weighted by molar-refractivity contribution is 8.00. The summed E-state index contributed by atoms with van der Waals surface area (Å²) >= 11 is 1.64. The van der Waals surface area contributed by atoms with Crippen molar-refractivity contribution in [3.8, 4) is 0 Å². The number of amides is 2. The van der Waals surface area contributed by atoms with Crippen molar-refractivity contribution in [1.82, 2.24) is 15.1 Å². The summed E-state index contributed by atoms with van der Waals surface area (Å²) in [5.41, 5.74) is 5.21. The number of hydrogen-bond acceptors (Lipinski definition) is 4. The number of rotatable bonds is 8. The Hall–Kier alpha value is -3.09. The van der Waals surface area contributed by atoms with Gasteiger partial charge in [-0.05, 0) is 60.3 Å². The summed E-state index contributed by atoms with van der Waals surface area (Å²) < 4.78 is 0. The summed E-state index contributed by atoms with van der Waals surface area (Å²) in [7, 11) is 0. The number of carbonyl (C=O) groups is 2. The van der Waals surface area contributed by atoms with E-state index in [-0.39, 0.29) is 17.2 Å². The molecule has 35 heavy (non-hydrogen) atoms. The highest BCUT2D eigenvalue weighted by atomic mass is 32.2. The molecule has 0 saturated carbocycles. The van der Waals surface area contributed by atoms with E-state index in [1.165, 1.54) is 31.5 Å². The van der Waals surface area contributed by atoms with Gasteiger partial charge in [-0.2, -0.15) is 0 Å². The molecule has 0 spiro atoms. The topological polar surface area (TPSA) is 52.7 Å². The van der Waals surface area contributed by atoms with Gasteiger partial charge in [-0.1, -0.05) is 66.7 Å². The number of hydrogen-bond donors (Lipinski definition) is 1. The molecule has 2 heterocycles. The predicted octanol–water partition coefficient (Wildman–Crippen LogP) is 4.99. The number of nitrogens with one attached hydrogen (secondary N) is 1. The van der Waals surface area contributed by atoms with E-state index in [4.69, 9.17) is 0 Å². The molecule has 180 valence electrons. The lowest BCUT2D eigenvalue weighted by Gasteiger charge is -2.24. The minimum Gasteiger partial charge on any atom is -0.348 e. The maximum Gasteiger partial charge on any atom is 0.251 e. The van der Waals surface area contributed by atoms with E-state index in [1.54, 1.807) is 11.8 Å². The Morgan fingerprint density at radius 2 is 1.49 bits per heavy atom. The number of nitrogens with zero attached hydrogens (tertiary/aromatic N) is 2. The summed E-state index contributed by atoms with van der Waals surface area (Å²) in [6, 6.07) is 26.2. The molecule has 3 aromatic rings. The average Bonchev–Trinajstić information content (AvgIpc) is 3.54. The van der Waals surface area contributed by atoms with Crippen LogP contribution in [0.1, 0.15) is 50.8 Å². The molecule has 0 bridgehead atoms. The van der Waals surface area contributed by atoms with Gasteiger partial charge in [0.15, 0.2) is 0 Å². The van der Waals surface area contributed by atoms with Crippen LogP contribution in [0, 0.1) is 0 Å². The first-order chi connectivity index (χ1) is 17.2. The van der Waals surface area contributed by atoms with Crippen molar-refractivity contribution >= 4 is 23.6 Å². The van der Waals surface area contributed by atoms with Gasteiger partial charge in [-0.25, -0.2) is 0 Å². The third-order valence-corrected chi connectivity index (χ3v) is 7.96. The van der Waals surface area contributed by atoms with Crippen LogP contribution in [-0.4, -0.2) is 40.5 Å². The third kappa shape index (κ3) is 5.95. The fourth-order valence-corrected chi connectivity index (χ4v) is 5.91. The smallest absolute Gasteiger partial charge is 0.251 e. The largest absolute Gasteiger partial charge is 0.348 e. The number of thioether (sulfide) groups is 1. The van der Waals surface area contributed by atoms with E-state index < -0.39 is 0 Å². The van der Waals surface area contributed by atoms with Gasteiger partial charge in [0.05, 0.1) is 5.75 Å². The fourth-order valence-electron chi connectivity index (χ4n) is 4.73. The van der Waals surface area contributed by atoms with Gasteiger partial charge in [0.25, 0.3) is 5.91 Å². The minimum atomic E-state index is -0.0889. The van der Waals surface area contributed by atoms with Crippen LogP contribution in [0.25, 0.3) is 0 Å². The van der Waals surface area contributed by atoms with Gasteiger partial charge in [-0.15, -0.1) is 11.8 Å². The molecule has 0 radical (unpaired) electrons. The molecule has 5 rings (SSSR count). The van der Waals surface area contributed by atoms with Crippen molar-refractivity contribution < 1.29 is 9.59 Å². The molecule has 5 nitrogen and oxygen atoms in total. The summed E-state index contributed by atoms with van der Waals surface area (Å²) in [5.74, 6) is 0.544. The standard InChI is InChI=1S/C29H31N3O2S/c33-27-21-35-29(32(27)20-23-6-2-1-3-7-23)26-14-12-25(13-15-26)28(34)30-18-22-8-10-24(11-9-22)19-31-16-4-5-17-31/h1-3,6-15,29H,4-5,16-21H2,(H,30,34)/t29-/m1/s1. The van der Waals surface area contributed by atoms with E-state index in [1.807, 2.05) is 59.5 Å². The van der Waals surface area contributed by atoms with Crippen molar-refractivity contribution in [2.75, 3.05) is 18.8 Å². The SMILES string of the molecule is O=C(NCc1ccc(CN2CCCC2)cc1)c1ccc([C@H]2SCC(=O)N2Cc2ccccc2)cc1. The van der Waals surface area contributed by atoms with Crippen LogP contribution in [0.3, 0.4) is 0 Å². The van der Waals surface area contributed by atoms with Crippen LogP contribution < -0.4 is 5.32 Å². The molecule has 3 aromatic carbocycles. The Morgan fingerprint density at radius 1 is 0.829 bits per heavy atom. The van der Waals surface area contributed by atoms with Gasteiger partial charge in [-0.3, -0.25) is 14.5 Å². The molecule has 1 atom stereocenters. The zero-order valence-corrected chi connectivity index (χ0v) is 20.7. The molecule has 1 N–H and O–H groups in total. The molecule has 2 amide bonds. The number of likely N-dealkylation sites (tertiary alicyclic amines) is 1. The first-order valence-corrected chi connectivity index (χ1v) is 13.3. The van der Waals surface area contributed by atoms with Gasteiger partial charge in [0.1, 0.15) is 5.37 Å². The Bertz CT molecular complexity index is 1140. The van der Waals surface area contributed by atoms with Crippen LogP contribution in [-0.2, 0) is 24.4 Å². The van der Waals surface area contributed by atoms with Crippen molar-refractivity contribution in [3.63, 3.8) is 0 Å². The normalized spacial score (nSPS) is 18.2. The van der Waals surface area contributed by atoms with Gasteiger partial charge in [0.2, 0.25) is 5.91 Å². The van der Waals surface area contributed by atoms with Crippen LogP contribution in [0.15, 0.2) is 78.9 Å². The first kappa shape index (κ1) is 23.6. The molecule has 2 fully saturated rings. The van der Waals surface area contributed by atoms with Crippen LogP contribution in [0.5, 0.6) is 0 Å². The molecule has 0 aliphatic carbocycles. The van der Waals surface area contributed by atoms with Crippen molar-refractivity contribution in [2.24, 2.45) is 0 Å². The monoisotopic (exact) mass is 485 g/mol. The number of carbonyl (C=O) groups excluding carboxylic acids is 2. The van der Waals surface area contributed by atoms with Gasteiger partial charge < -0.3 is 10.2 Å². The molecule has 2 saturated heterocycles. The molecule has 0 unspecified atom stereocenters. The Morgan fingerprint density at radius 3 is 2.20 bits per heavy atom. The molecular weight excluding hydrogens is 454 g/mol. The van der Waals surface area contributed by atoms with Crippen molar-refractivity contribution in [3.05, 3.63) is 107 Å². The van der Waals surface area contributed by atoms with E-state index in [0.717, 1.165) is 23.2 Å². The van der Waals surface area contributed by atoms with E-state index in [9.17, 15) is 9.59 Å². The summed E-state index contributed by atoms with van der Waals surface area (Å²) in [6.07, 6.45) is 2.60. The molecular formula is C29H31N3O2S. The lowest BCUT2D eigenvalue weighted by atomic mass is 10.1. The average molecular weight is 486 g/mol. The van der Waals surface area contributed by atoms with Crippen LogP contribution in [0.4, 0.5) is 0 Å². The Balaban J connectivity index is 1.16. The van der Waals surface area contributed by atoms with E-state index in [0.29, 0.717) is 24.4 Å². The molecule has 2 aliphatic rings. The van der Waals surface area contributed by atoms with Gasteiger partial charge >= 0.3 is 0 Å². The van der Waals surface area contributed by atoms with E-state index in [2.05, 4.69) is 34.5 Å². The van der Waals surface area contributed by atoms with Crippen LogP contribution in [0.2, 0.25) is 0 Å². The second kappa shape index (κ2) is 11.1. The van der Waals surface area contributed by atoms with E-state index >= 15 is 0 Å². The summed E-state index contributed by atoms with van der Waals surface area (Å²) in [4.78, 5) is 29.6. The van der Waals surface area contributed by atoms with Gasteiger partial charge in [0, 0.05) is 25.2 Å². The Labute approximate surface area is 211 Å². The number of benzene rings is 3. The quantitative estimate of drug-likeness (QED) is 0.489. The maximum atomic E-state index is 12.7. The highest BCUT2D eigenvalue weighted by Gasteiger charge is 2.32. The zero-order chi connectivity index (χ0) is 24.0. The van der Waals surface area contributed by atoms with Crippen LogP contribution >= 0.6 is 11.8 Å². The summed E-state index contributed by atoms with van der Waals surface area (Å²) in [5, 5.41) is 3.00. The maximum absolute atomic E-state index is 12.7. The molecule has 6 heteroatoms.